The molecule has 0 bridgehead atoms. The first kappa shape index (κ1) is 12.4. The molecule has 1 N–H and O–H groups in total. The third kappa shape index (κ3) is 2.87. The lowest BCUT2D eigenvalue weighted by Crippen LogP contribution is -2.27. The van der Waals surface area contributed by atoms with Gasteiger partial charge in [0.1, 0.15) is 0 Å². The van der Waals surface area contributed by atoms with E-state index in [1.54, 1.807) is 0 Å². The van der Waals surface area contributed by atoms with Crippen molar-refractivity contribution in [1.82, 2.24) is 15.1 Å². The lowest BCUT2D eigenvalue weighted by molar-refractivity contribution is 0.461. The van der Waals surface area contributed by atoms with E-state index in [4.69, 9.17) is 0 Å². The molecule has 1 heterocycles. The Labute approximate surface area is 114 Å². The van der Waals surface area contributed by atoms with Crippen molar-refractivity contribution in [2.24, 2.45) is 7.05 Å². The molecule has 100 valence electrons. The van der Waals surface area contributed by atoms with Crippen LogP contribution in [0, 0.1) is 0 Å². The van der Waals surface area contributed by atoms with Gasteiger partial charge in [-0.05, 0) is 36.5 Å². The summed E-state index contributed by atoms with van der Waals surface area (Å²) < 4.78 is 1.87. The standard InChI is InChI=1S/C16H21N3/c1-19-12-10-14(18-19)9-11-17-16-8-4-6-13-5-2-3-7-15(13)16/h2-3,5,7,10,12,16-17H,4,6,8-9,11H2,1H3. The Morgan fingerprint density at radius 3 is 3.05 bits per heavy atom. The van der Waals surface area contributed by atoms with Crippen LogP contribution in [0.4, 0.5) is 0 Å². The first-order chi connectivity index (χ1) is 9.33. The van der Waals surface area contributed by atoms with Gasteiger partial charge in [0.15, 0.2) is 0 Å². The Morgan fingerprint density at radius 1 is 1.32 bits per heavy atom. The molecular formula is C16H21N3. The Kier molecular flexibility index (Phi) is 3.65. The number of rotatable bonds is 4. The van der Waals surface area contributed by atoms with Gasteiger partial charge in [0.25, 0.3) is 0 Å². The van der Waals surface area contributed by atoms with Gasteiger partial charge in [-0.25, -0.2) is 0 Å². The van der Waals surface area contributed by atoms with E-state index in [-0.39, 0.29) is 0 Å². The average molecular weight is 255 g/mol. The van der Waals surface area contributed by atoms with Gasteiger partial charge in [-0.3, -0.25) is 4.68 Å². The van der Waals surface area contributed by atoms with Crippen molar-refractivity contribution in [2.75, 3.05) is 6.54 Å². The van der Waals surface area contributed by atoms with Gasteiger partial charge in [0.2, 0.25) is 0 Å². The van der Waals surface area contributed by atoms with Gasteiger partial charge >= 0.3 is 0 Å². The van der Waals surface area contributed by atoms with Gasteiger partial charge in [-0.1, -0.05) is 24.3 Å². The van der Waals surface area contributed by atoms with Crippen LogP contribution in [0.1, 0.15) is 35.7 Å². The van der Waals surface area contributed by atoms with Gasteiger partial charge in [-0.15, -0.1) is 0 Å². The highest BCUT2D eigenvalue weighted by molar-refractivity contribution is 5.32. The van der Waals surface area contributed by atoms with Crippen molar-refractivity contribution in [2.45, 2.75) is 31.7 Å². The van der Waals surface area contributed by atoms with Crippen LogP contribution in [0.15, 0.2) is 36.5 Å². The van der Waals surface area contributed by atoms with Gasteiger partial charge in [-0.2, -0.15) is 5.10 Å². The summed E-state index contributed by atoms with van der Waals surface area (Å²) in [7, 11) is 1.97. The minimum atomic E-state index is 0.522. The molecule has 1 aromatic carbocycles. The Morgan fingerprint density at radius 2 is 2.21 bits per heavy atom. The fourth-order valence-electron chi connectivity index (χ4n) is 2.94. The normalized spacial score (nSPS) is 18.3. The topological polar surface area (TPSA) is 29.9 Å². The third-order valence-corrected chi connectivity index (χ3v) is 3.91. The quantitative estimate of drug-likeness (QED) is 0.910. The second-order valence-corrected chi connectivity index (χ2v) is 5.33. The second-order valence-electron chi connectivity index (χ2n) is 5.33. The predicted octanol–water partition coefficient (Wildman–Crippen LogP) is 2.63. The van der Waals surface area contributed by atoms with E-state index in [1.807, 2.05) is 17.9 Å². The summed E-state index contributed by atoms with van der Waals surface area (Å²) in [6, 6.07) is 11.5. The van der Waals surface area contributed by atoms with E-state index in [0.717, 1.165) is 13.0 Å². The lowest BCUT2D eigenvalue weighted by atomic mass is 9.88. The van der Waals surface area contributed by atoms with Crippen LogP contribution in [0.25, 0.3) is 0 Å². The van der Waals surface area contributed by atoms with Crippen LogP contribution < -0.4 is 5.32 Å². The molecule has 0 spiro atoms. The average Bonchev–Trinajstić information content (AvgIpc) is 2.85. The van der Waals surface area contributed by atoms with E-state index in [1.165, 1.54) is 36.1 Å². The highest BCUT2D eigenvalue weighted by Gasteiger charge is 2.18. The molecule has 19 heavy (non-hydrogen) atoms. The Balaban J connectivity index is 1.59. The largest absolute Gasteiger partial charge is 0.310 e. The third-order valence-electron chi connectivity index (χ3n) is 3.91. The molecule has 1 unspecified atom stereocenters. The van der Waals surface area contributed by atoms with E-state index in [9.17, 15) is 0 Å². The molecule has 0 aliphatic heterocycles. The van der Waals surface area contributed by atoms with Gasteiger partial charge in [0.05, 0.1) is 5.69 Å². The van der Waals surface area contributed by atoms with E-state index in [0.29, 0.717) is 6.04 Å². The van der Waals surface area contributed by atoms with Crippen LogP contribution in [-0.4, -0.2) is 16.3 Å². The molecule has 2 aromatic rings. The summed E-state index contributed by atoms with van der Waals surface area (Å²) in [4.78, 5) is 0. The van der Waals surface area contributed by atoms with E-state index in [2.05, 4.69) is 40.7 Å². The number of nitrogens with one attached hydrogen (secondary N) is 1. The van der Waals surface area contributed by atoms with Crippen molar-refractivity contribution in [3.8, 4) is 0 Å². The summed E-state index contributed by atoms with van der Waals surface area (Å²) in [6.45, 7) is 0.996. The summed E-state index contributed by atoms with van der Waals surface area (Å²) in [6.07, 6.45) is 6.77. The van der Waals surface area contributed by atoms with Crippen molar-refractivity contribution in [1.29, 1.82) is 0 Å². The maximum absolute atomic E-state index is 4.41. The highest BCUT2D eigenvalue weighted by Crippen LogP contribution is 2.29. The maximum Gasteiger partial charge on any atom is 0.0637 e. The minimum absolute atomic E-state index is 0.522. The molecule has 1 aliphatic rings. The summed E-state index contributed by atoms with van der Waals surface area (Å²) in [5, 5.41) is 8.10. The second kappa shape index (κ2) is 5.57. The van der Waals surface area contributed by atoms with Crippen molar-refractivity contribution >= 4 is 0 Å². The van der Waals surface area contributed by atoms with Crippen molar-refractivity contribution < 1.29 is 0 Å². The molecule has 0 saturated carbocycles. The van der Waals surface area contributed by atoms with Crippen molar-refractivity contribution in [3.63, 3.8) is 0 Å². The Bertz CT molecular complexity index is 544. The fourth-order valence-corrected chi connectivity index (χ4v) is 2.94. The van der Waals surface area contributed by atoms with Crippen LogP contribution >= 0.6 is 0 Å². The smallest absolute Gasteiger partial charge is 0.0637 e. The van der Waals surface area contributed by atoms with Crippen molar-refractivity contribution in [3.05, 3.63) is 53.3 Å². The number of aromatic nitrogens is 2. The molecule has 0 radical (unpaired) electrons. The number of hydrogen-bond donors (Lipinski definition) is 1. The first-order valence-electron chi connectivity index (χ1n) is 7.12. The lowest BCUT2D eigenvalue weighted by Gasteiger charge is -2.26. The SMILES string of the molecule is Cn1ccc(CCNC2CCCc3ccccc32)n1. The number of nitrogens with zero attached hydrogens (tertiary/aromatic N) is 2. The number of hydrogen-bond acceptors (Lipinski definition) is 2. The first-order valence-corrected chi connectivity index (χ1v) is 7.12. The number of benzene rings is 1. The molecule has 0 fully saturated rings. The number of aryl methyl sites for hydroxylation is 2. The molecule has 3 nitrogen and oxygen atoms in total. The number of fused-ring (bicyclic) bond motifs is 1. The zero-order valence-electron chi connectivity index (χ0n) is 11.5. The zero-order chi connectivity index (χ0) is 13.1. The molecule has 3 rings (SSSR count). The van der Waals surface area contributed by atoms with E-state index < -0.39 is 0 Å². The fraction of sp³-hybridized carbons (Fsp3) is 0.438. The molecule has 0 amide bonds. The maximum atomic E-state index is 4.41. The van der Waals surface area contributed by atoms with Crippen LogP contribution in [-0.2, 0) is 19.9 Å². The zero-order valence-corrected chi connectivity index (χ0v) is 11.5. The summed E-state index contributed by atoms with van der Waals surface area (Å²) >= 11 is 0. The monoisotopic (exact) mass is 255 g/mol. The Hall–Kier alpha value is -1.61. The molecule has 1 aliphatic carbocycles. The predicted molar refractivity (Wildman–Crippen MR) is 77.0 cm³/mol. The highest BCUT2D eigenvalue weighted by atomic mass is 15.2. The minimum Gasteiger partial charge on any atom is -0.310 e. The molecule has 1 atom stereocenters. The van der Waals surface area contributed by atoms with E-state index >= 15 is 0 Å². The van der Waals surface area contributed by atoms with Crippen LogP contribution in [0.3, 0.4) is 0 Å². The summed E-state index contributed by atoms with van der Waals surface area (Å²) in [5.41, 5.74) is 4.18. The van der Waals surface area contributed by atoms with Gasteiger partial charge < -0.3 is 5.32 Å². The van der Waals surface area contributed by atoms with Crippen LogP contribution in [0.2, 0.25) is 0 Å². The molecule has 0 saturated heterocycles. The van der Waals surface area contributed by atoms with Gasteiger partial charge in [0, 0.05) is 32.3 Å². The molecule has 1 aromatic heterocycles. The summed E-state index contributed by atoms with van der Waals surface area (Å²) in [5.74, 6) is 0. The van der Waals surface area contributed by atoms with Crippen LogP contribution in [0.5, 0.6) is 0 Å². The molecule has 3 heteroatoms. The molecular weight excluding hydrogens is 234 g/mol.